The lowest BCUT2D eigenvalue weighted by molar-refractivity contribution is -0.135. The monoisotopic (exact) mass is 396 g/mol. The van der Waals surface area contributed by atoms with Crippen LogP contribution in [0.3, 0.4) is 0 Å². The summed E-state index contributed by atoms with van der Waals surface area (Å²) in [6.45, 7) is 4.54. The Labute approximate surface area is 172 Å². The molecule has 1 amide bonds. The van der Waals surface area contributed by atoms with E-state index in [0.717, 1.165) is 22.8 Å². The highest BCUT2D eigenvalue weighted by atomic mass is 16.5. The zero-order valence-corrected chi connectivity index (χ0v) is 17.5. The van der Waals surface area contributed by atoms with Gasteiger partial charge in [-0.3, -0.25) is 4.79 Å². The van der Waals surface area contributed by atoms with Crippen molar-refractivity contribution in [3.63, 3.8) is 0 Å². The normalized spacial score (nSPS) is 15.0. The van der Waals surface area contributed by atoms with Gasteiger partial charge in [0.1, 0.15) is 17.2 Å². The van der Waals surface area contributed by atoms with E-state index < -0.39 is 5.54 Å². The molecular formula is C23H28N2O4. The number of ether oxygens (including phenoxy) is 3. The summed E-state index contributed by atoms with van der Waals surface area (Å²) in [7, 11) is 3.24. The number of nitrogens with zero attached hydrogens (tertiary/aromatic N) is 2. The number of hydrogen-bond donors (Lipinski definition) is 0. The summed E-state index contributed by atoms with van der Waals surface area (Å²) in [5.41, 5.74) is 1.32. The summed E-state index contributed by atoms with van der Waals surface area (Å²) in [6.07, 6.45) is 1.67. The van der Waals surface area contributed by atoms with Gasteiger partial charge in [0.05, 0.1) is 32.1 Å². The first kappa shape index (κ1) is 20.7. The smallest absolute Gasteiger partial charge is 0.243 e. The number of methoxy groups -OCH3 is 2. The van der Waals surface area contributed by atoms with Crippen LogP contribution in [0.15, 0.2) is 53.6 Å². The third kappa shape index (κ3) is 4.88. The molecule has 0 aliphatic carbocycles. The number of hydrazone groups is 1. The third-order valence-electron chi connectivity index (χ3n) is 4.90. The number of para-hydroxylation sites is 1. The largest absolute Gasteiger partial charge is 0.497 e. The van der Waals surface area contributed by atoms with Gasteiger partial charge in [-0.05, 0) is 44.5 Å². The van der Waals surface area contributed by atoms with Crippen LogP contribution in [0, 0.1) is 0 Å². The van der Waals surface area contributed by atoms with Gasteiger partial charge in [0, 0.05) is 24.5 Å². The molecular weight excluding hydrogens is 368 g/mol. The predicted octanol–water partition coefficient (Wildman–Crippen LogP) is 4.28. The molecule has 6 nitrogen and oxygen atoms in total. The minimum Gasteiger partial charge on any atom is -0.497 e. The molecule has 0 aromatic heterocycles. The summed E-state index contributed by atoms with van der Waals surface area (Å²) < 4.78 is 16.4. The minimum absolute atomic E-state index is 0.00543. The van der Waals surface area contributed by atoms with Crippen LogP contribution in [0.4, 0.5) is 0 Å². The Morgan fingerprint density at radius 1 is 1.07 bits per heavy atom. The van der Waals surface area contributed by atoms with Crippen molar-refractivity contribution in [3.8, 4) is 17.2 Å². The second kappa shape index (κ2) is 8.99. The molecule has 0 N–H and O–H groups in total. The molecule has 2 aromatic carbocycles. The van der Waals surface area contributed by atoms with E-state index in [9.17, 15) is 4.79 Å². The van der Waals surface area contributed by atoms with Crippen LogP contribution in [-0.2, 0) is 4.79 Å². The van der Waals surface area contributed by atoms with E-state index in [0.29, 0.717) is 31.6 Å². The molecule has 0 saturated carbocycles. The number of carbonyl (C=O) groups is 1. The van der Waals surface area contributed by atoms with Crippen molar-refractivity contribution >= 4 is 11.6 Å². The van der Waals surface area contributed by atoms with Gasteiger partial charge >= 0.3 is 0 Å². The Morgan fingerprint density at radius 2 is 1.83 bits per heavy atom. The summed E-state index contributed by atoms with van der Waals surface area (Å²) in [4.78, 5) is 12.8. The Kier molecular flexibility index (Phi) is 6.42. The zero-order chi connectivity index (χ0) is 20.9. The molecule has 1 aliphatic heterocycles. The van der Waals surface area contributed by atoms with Gasteiger partial charge in [-0.2, -0.15) is 5.10 Å². The lowest BCUT2D eigenvalue weighted by Crippen LogP contribution is -2.40. The van der Waals surface area contributed by atoms with Gasteiger partial charge in [0.2, 0.25) is 5.91 Å². The number of carbonyl (C=O) groups excluding carboxylic acids is 1. The molecule has 6 heteroatoms. The first-order valence-electron chi connectivity index (χ1n) is 9.75. The van der Waals surface area contributed by atoms with E-state index in [-0.39, 0.29) is 5.91 Å². The molecule has 2 aromatic rings. The van der Waals surface area contributed by atoms with E-state index in [1.807, 2.05) is 62.4 Å². The van der Waals surface area contributed by atoms with Crippen molar-refractivity contribution < 1.29 is 19.0 Å². The van der Waals surface area contributed by atoms with Gasteiger partial charge < -0.3 is 14.2 Å². The van der Waals surface area contributed by atoms with Crippen LogP contribution >= 0.6 is 0 Å². The van der Waals surface area contributed by atoms with Crippen LogP contribution in [0.1, 0.15) is 38.7 Å². The van der Waals surface area contributed by atoms with Gasteiger partial charge in [0.25, 0.3) is 0 Å². The fourth-order valence-electron chi connectivity index (χ4n) is 3.39. The highest BCUT2D eigenvalue weighted by molar-refractivity contribution is 6.05. The molecule has 1 aliphatic rings. The first-order valence-corrected chi connectivity index (χ1v) is 9.75. The summed E-state index contributed by atoms with van der Waals surface area (Å²) >= 11 is 0. The summed E-state index contributed by atoms with van der Waals surface area (Å²) in [6, 6.07) is 15.2. The van der Waals surface area contributed by atoms with Gasteiger partial charge in [-0.15, -0.1) is 0 Å². The van der Waals surface area contributed by atoms with E-state index in [1.165, 1.54) is 0 Å². The number of hydrogen-bond acceptors (Lipinski definition) is 5. The fourth-order valence-corrected chi connectivity index (χ4v) is 3.39. The lowest BCUT2D eigenvalue weighted by atomic mass is 9.94. The summed E-state index contributed by atoms with van der Waals surface area (Å²) in [5, 5.41) is 6.26. The van der Waals surface area contributed by atoms with Crippen LogP contribution in [-0.4, -0.2) is 43.0 Å². The molecule has 0 radical (unpaired) electrons. The standard InChI is InChI=1S/C23H28N2O4/c1-23(2)16-20(19-13-12-18(27-3)15-21(19)28-4)24-25(23)22(26)11-8-14-29-17-9-6-5-7-10-17/h5-7,9-10,12-13,15H,8,11,14,16H2,1-4H3. The Bertz CT molecular complexity index is 878. The van der Waals surface area contributed by atoms with Gasteiger partial charge in [-0.25, -0.2) is 5.01 Å². The SMILES string of the molecule is COc1ccc(C2=NN(C(=O)CCCOc3ccccc3)C(C)(C)C2)c(OC)c1. The zero-order valence-electron chi connectivity index (χ0n) is 17.5. The molecule has 0 unspecified atom stereocenters. The van der Waals surface area contributed by atoms with Crippen molar-refractivity contribution in [2.75, 3.05) is 20.8 Å². The molecule has 0 fully saturated rings. The van der Waals surface area contributed by atoms with Gasteiger partial charge in [0.15, 0.2) is 0 Å². The van der Waals surface area contributed by atoms with Crippen molar-refractivity contribution in [2.45, 2.75) is 38.6 Å². The van der Waals surface area contributed by atoms with Crippen molar-refractivity contribution in [1.82, 2.24) is 5.01 Å². The topological polar surface area (TPSA) is 60.4 Å². The Morgan fingerprint density at radius 3 is 2.52 bits per heavy atom. The van der Waals surface area contributed by atoms with Crippen LogP contribution in [0.5, 0.6) is 17.2 Å². The van der Waals surface area contributed by atoms with Crippen molar-refractivity contribution in [1.29, 1.82) is 0 Å². The molecule has 0 bridgehead atoms. The predicted molar refractivity (Wildman–Crippen MR) is 113 cm³/mol. The molecule has 29 heavy (non-hydrogen) atoms. The first-order chi connectivity index (χ1) is 13.9. The maximum Gasteiger partial charge on any atom is 0.243 e. The Hall–Kier alpha value is -3.02. The second-order valence-electron chi connectivity index (χ2n) is 7.57. The number of amides is 1. The fraction of sp³-hybridized carbons (Fsp3) is 0.391. The maximum absolute atomic E-state index is 12.8. The average molecular weight is 396 g/mol. The molecule has 154 valence electrons. The maximum atomic E-state index is 12.8. The quantitative estimate of drug-likeness (QED) is 0.625. The number of benzene rings is 2. The highest BCUT2D eigenvalue weighted by Gasteiger charge is 2.38. The van der Waals surface area contributed by atoms with E-state index in [2.05, 4.69) is 5.10 Å². The van der Waals surface area contributed by atoms with E-state index in [1.54, 1.807) is 19.2 Å². The lowest BCUT2D eigenvalue weighted by Gasteiger charge is -2.28. The molecule has 0 atom stereocenters. The molecule has 3 rings (SSSR count). The average Bonchev–Trinajstić information content (AvgIpc) is 3.06. The van der Waals surface area contributed by atoms with Gasteiger partial charge in [-0.1, -0.05) is 18.2 Å². The summed E-state index contributed by atoms with van der Waals surface area (Å²) in [5.74, 6) is 2.21. The third-order valence-corrected chi connectivity index (χ3v) is 4.90. The van der Waals surface area contributed by atoms with E-state index >= 15 is 0 Å². The van der Waals surface area contributed by atoms with Crippen LogP contribution < -0.4 is 14.2 Å². The van der Waals surface area contributed by atoms with E-state index in [4.69, 9.17) is 14.2 Å². The Balaban J connectivity index is 1.65. The van der Waals surface area contributed by atoms with Crippen LogP contribution in [0.25, 0.3) is 0 Å². The van der Waals surface area contributed by atoms with Crippen molar-refractivity contribution in [3.05, 3.63) is 54.1 Å². The molecule has 1 heterocycles. The minimum atomic E-state index is -0.391. The van der Waals surface area contributed by atoms with Crippen LogP contribution in [0.2, 0.25) is 0 Å². The molecule has 0 spiro atoms. The number of rotatable bonds is 8. The highest BCUT2D eigenvalue weighted by Crippen LogP contribution is 2.34. The van der Waals surface area contributed by atoms with Crippen molar-refractivity contribution in [2.24, 2.45) is 5.10 Å². The molecule has 0 saturated heterocycles. The second-order valence-corrected chi connectivity index (χ2v) is 7.57.